The van der Waals surface area contributed by atoms with Crippen LogP contribution in [0.2, 0.25) is 0 Å². The van der Waals surface area contributed by atoms with Gasteiger partial charge in [0.15, 0.2) is 11.5 Å². The molecule has 258 valence electrons. The maximum atomic E-state index is 13.1. The fraction of sp³-hybridized carbons (Fsp3) is 0.676. The number of aryl methyl sites for hydroxylation is 1. The Morgan fingerprint density at radius 2 is 1.74 bits per heavy atom. The SMILES string of the molecule is COc1ccc(CCCCOCCCCN2C[C@@H](SC3=C(C(=O)O)N(C(C)=O)C(C[C@@H](C)O)[C@H]3C)C[C@H]2C(=O)N(C)C)cc1OC. The number of ether oxygens (including phenoxy) is 3. The molecule has 1 saturated heterocycles. The molecule has 0 spiro atoms. The zero-order valence-corrected chi connectivity index (χ0v) is 29.3. The lowest BCUT2D eigenvalue weighted by Gasteiger charge is -2.28. The normalized spacial score (nSPS) is 22.3. The summed E-state index contributed by atoms with van der Waals surface area (Å²) < 4.78 is 16.6. The molecule has 2 amide bonds. The lowest BCUT2D eigenvalue weighted by molar-refractivity contribution is -0.140. The number of aliphatic carboxylic acids is 1. The van der Waals surface area contributed by atoms with E-state index >= 15 is 0 Å². The number of likely N-dealkylation sites (N-methyl/N-ethyl adjacent to an activating group) is 1. The summed E-state index contributed by atoms with van der Waals surface area (Å²) in [5.74, 6) is -0.217. The minimum atomic E-state index is -1.14. The third-order valence-corrected chi connectivity index (χ3v) is 10.2. The van der Waals surface area contributed by atoms with Gasteiger partial charge in [-0.2, -0.15) is 0 Å². The van der Waals surface area contributed by atoms with Gasteiger partial charge in [-0.05, 0) is 76.1 Å². The molecule has 2 N–H and O–H groups in total. The summed E-state index contributed by atoms with van der Waals surface area (Å²) in [6.45, 7) is 7.69. The van der Waals surface area contributed by atoms with E-state index in [1.807, 2.05) is 19.1 Å². The predicted molar refractivity (Wildman–Crippen MR) is 179 cm³/mol. The van der Waals surface area contributed by atoms with E-state index in [4.69, 9.17) is 14.2 Å². The molecular formula is C34H53N3O8S. The molecule has 0 radical (unpaired) electrons. The minimum absolute atomic E-state index is 0.00160. The topological polar surface area (TPSA) is 129 Å². The van der Waals surface area contributed by atoms with Crippen LogP contribution in [0.3, 0.4) is 0 Å². The van der Waals surface area contributed by atoms with Crippen molar-refractivity contribution in [3.63, 3.8) is 0 Å². The first-order chi connectivity index (χ1) is 21.9. The number of nitrogens with zero attached hydrogens (tertiary/aromatic N) is 3. The molecule has 2 aliphatic rings. The number of methoxy groups -OCH3 is 2. The third kappa shape index (κ3) is 9.85. The summed E-state index contributed by atoms with van der Waals surface area (Å²) in [4.78, 5) is 43.9. The Morgan fingerprint density at radius 3 is 2.33 bits per heavy atom. The monoisotopic (exact) mass is 663 g/mol. The Labute approximate surface area is 278 Å². The van der Waals surface area contributed by atoms with Gasteiger partial charge in [0.25, 0.3) is 0 Å². The van der Waals surface area contributed by atoms with Crippen LogP contribution in [0.1, 0.15) is 64.9 Å². The summed E-state index contributed by atoms with van der Waals surface area (Å²) >= 11 is 1.48. The molecule has 1 aromatic rings. The van der Waals surface area contributed by atoms with E-state index in [9.17, 15) is 24.6 Å². The van der Waals surface area contributed by atoms with Crippen LogP contribution >= 0.6 is 11.8 Å². The molecule has 1 fully saturated rings. The molecule has 1 unspecified atom stereocenters. The summed E-state index contributed by atoms with van der Waals surface area (Å²) in [6.07, 6.45) is 4.90. The van der Waals surface area contributed by atoms with Gasteiger partial charge in [-0.1, -0.05) is 13.0 Å². The van der Waals surface area contributed by atoms with Crippen LogP contribution in [0.25, 0.3) is 0 Å². The summed E-state index contributed by atoms with van der Waals surface area (Å²) in [6, 6.07) is 5.30. The van der Waals surface area contributed by atoms with Gasteiger partial charge in [-0.3, -0.25) is 14.5 Å². The van der Waals surface area contributed by atoms with Gasteiger partial charge in [-0.25, -0.2) is 4.79 Å². The first-order valence-corrected chi connectivity index (χ1v) is 17.1. The highest BCUT2D eigenvalue weighted by molar-refractivity contribution is 8.03. The lowest BCUT2D eigenvalue weighted by Crippen LogP contribution is -2.43. The van der Waals surface area contributed by atoms with Crippen molar-refractivity contribution in [1.82, 2.24) is 14.7 Å². The number of carbonyl (C=O) groups is 3. The van der Waals surface area contributed by atoms with Crippen LogP contribution < -0.4 is 9.47 Å². The predicted octanol–water partition coefficient (Wildman–Crippen LogP) is 4.02. The van der Waals surface area contributed by atoms with Gasteiger partial charge in [0.05, 0.1) is 26.4 Å². The molecule has 0 bridgehead atoms. The van der Waals surface area contributed by atoms with Crippen LogP contribution in [0, 0.1) is 5.92 Å². The number of carbonyl (C=O) groups excluding carboxylic acids is 2. The minimum Gasteiger partial charge on any atom is -0.493 e. The molecule has 0 aliphatic carbocycles. The van der Waals surface area contributed by atoms with Gasteiger partial charge in [0, 0.05) is 62.9 Å². The average Bonchev–Trinajstić information content (AvgIpc) is 3.53. The number of carboxylic acids is 1. The molecular weight excluding hydrogens is 610 g/mol. The zero-order chi connectivity index (χ0) is 34.0. The second-order valence-corrected chi connectivity index (χ2v) is 13.9. The van der Waals surface area contributed by atoms with Crippen molar-refractivity contribution in [3.8, 4) is 11.5 Å². The second-order valence-electron chi connectivity index (χ2n) is 12.5. The zero-order valence-electron chi connectivity index (χ0n) is 28.5. The van der Waals surface area contributed by atoms with Gasteiger partial charge < -0.3 is 34.2 Å². The van der Waals surface area contributed by atoms with Crippen molar-refractivity contribution >= 4 is 29.5 Å². The average molecular weight is 664 g/mol. The van der Waals surface area contributed by atoms with Crippen LogP contribution in [-0.4, -0.2) is 121 Å². The number of hydrogen-bond donors (Lipinski definition) is 2. The van der Waals surface area contributed by atoms with Crippen LogP contribution in [0.5, 0.6) is 11.5 Å². The number of likely N-dealkylation sites (tertiary alicyclic amines) is 1. The molecule has 1 aromatic carbocycles. The molecule has 0 saturated carbocycles. The number of benzene rings is 1. The number of thioether (sulfide) groups is 1. The lowest BCUT2D eigenvalue weighted by atomic mass is 9.98. The number of aliphatic hydroxyl groups is 1. The van der Waals surface area contributed by atoms with Gasteiger partial charge in [-0.15, -0.1) is 11.8 Å². The van der Waals surface area contributed by atoms with E-state index in [1.54, 1.807) is 40.1 Å². The number of aliphatic hydroxyl groups excluding tert-OH is 1. The van der Waals surface area contributed by atoms with Crippen LogP contribution in [0.15, 0.2) is 28.8 Å². The van der Waals surface area contributed by atoms with E-state index in [2.05, 4.69) is 11.0 Å². The summed E-state index contributed by atoms with van der Waals surface area (Å²) in [7, 11) is 6.79. The molecule has 11 nitrogen and oxygen atoms in total. The smallest absolute Gasteiger partial charge is 0.353 e. The van der Waals surface area contributed by atoms with Crippen molar-refractivity contribution in [3.05, 3.63) is 34.4 Å². The van der Waals surface area contributed by atoms with Gasteiger partial charge in [0.1, 0.15) is 5.70 Å². The van der Waals surface area contributed by atoms with E-state index < -0.39 is 18.1 Å². The molecule has 12 heteroatoms. The van der Waals surface area contributed by atoms with E-state index in [0.29, 0.717) is 37.5 Å². The molecule has 5 atom stereocenters. The van der Waals surface area contributed by atoms with Crippen molar-refractivity contribution in [2.75, 3.05) is 54.6 Å². The Balaban J connectivity index is 1.50. The molecule has 46 heavy (non-hydrogen) atoms. The van der Waals surface area contributed by atoms with Crippen molar-refractivity contribution in [1.29, 1.82) is 0 Å². The van der Waals surface area contributed by atoms with Crippen molar-refractivity contribution in [2.45, 2.75) is 89.2 Å². The van der Waals surface area contributed by atoms with Crippen molar-refractivity contribution < 1.29 is 38.8 Å². The molecule has 2 heterocycles. The molecule has 0 aromatic heterocycles. The van der Waals surface area contributed by atoms with E-state index in [0.717, 1.165) is 50.1 Å². The van der Waals surface area contributed by atoms with Crippen LogP contribution in [0.4, 0.5) is 0 Å². The number of rotatable bonds is 18. The maximum Gasteiger partial charge on any atom is 0.353 e. The maximum absolute atomic E-state index is 13.1. The quantitative estimate of drug-likeness (QED) is 0.222. The number of amides is 2. The molecule has 2 aliphatic heterocycles. The standard InChI is InChI=1S/C34H53N3O8S/c1-22(38)18-27-23(2)32(31(34(41)42)37(27)24(3)39)46-26-20-28(33(40)35(4)5)36(21-26)15-9-11-17-45-16-10-8-12-25-13-14-29(43-6)30(19-25)44-7/h13-14,19,22-23,26-28,38H,8-12,15-18,20-21H2,1-7H3,(H,41,42)/t22-,23-,26+,27?,28+/m1/s1. The van der Waals surface area contributed by atoms with E-state index in [-0.39, 0.29) is 34.7 Å². The van der Waals surface area contributed by atoms with E-state index in [1.165, 1.54) is 29.1 Å². The highest BCUT2D eigenvalue weighted by atomic mass is 32.2. The number of hydrogen-bond acceptors (Lipinski definition) is 9. The first kappa shape index (κ1) is 37.7. The van der Waals surface area contributed by atoms with Gasteiger partial charge >= 0.3 is 5.97 Å². The van der Waals surface area contributed by atoms with Crippen molar-refractivity contribution in [2.24, 2.45) is 5.92 Å². The fourth-order valence-corrected chi connectivity index (χ4v) is 8.01. The Morgan fingerprint density at radius 1 is 1.07 bits per heavy atom. The first-order valence-electron chi connectivity index (χ1n) is 16.2. The Bertz CT molecular complexity index is 1220. The summed E-state index contributed by atoms with van der Waals surface area (Å²) in [5, 5.41) is 20.2. The number of carboxylic acid groups (broad SMARTS) is 1. The summed E-state index contributed by atoms with van der Waals surface area (Å²) in [5.41, 5.74) is 1.21. The number of unbranched alkanes of at least 4 members (excludes halogenated alkanes) is 2. The fourth-order valence-electron chi connectivity index (χ4n) is 6.44. The highest BCUT2D eigenvalue weighted by Gasteiger charge is 2.46. The highest BCUT2D eigenvalue weighted by Crippen LogP contribution is 2.46. The third-order valence-electron chi connectivity index (χ3n) is 8.74. The largest absolute Gasteiger partial charge is 0.493 e. The Kier molecular flexibility index (Phi) is 14.7. The second kappa shape index (κ2) is 17.9. The Hall–Kier alpha value is -2.80. The van der Waals surface area contributed by atoms with Crippen LogP contribution in [-0.2, 0) is 25.5 Å². The van der Waals surface area contributed by atoms with Gasteiger partial charge in [0.2, 0.25) is 11.8 Å². The molecule has 3 rings (SSSR count).